The minimum Gasteiger partial charge on any atom is -0.335 e. The number of amides is 3. The van der Waals surface area contributed by atoms with Crippen LogP contribution in [0.2, 0.25) is 0 Å². The molecule has 3 saturated carbocycles. The molecular weight excluding hydrogens is 408 g/mol. The number of nitrogens with one attached hydrogen (secondary N) is 3. The van der Waals surface area contributed by atoms with Crippen LogP contribution >= 0.6 is 0 Å². The van der Waals surface area contributed by atoms with Crippen molar-refractivity contribution >= 4 is 24.0 Å². The number of hydrogen-bond donors (Lipinski definition) is 3. The van der Waals surface area contributed by atoms with Crippen LogP contribution in [0.5, 0.6) is 0 Å². The van der Waals surface area contributed by atoms with Crippen LogP contribution in [0.3, 0.4) is 0 Å². The maximum atomic E-state index is 14.3. The summed E-state index contributed by atoms with van der Waals surface area (Å²) in [6.45, 7) is 4.38. The van der Waals surface area contributed by atoms with Gasteiger partial charge in [-0.2, -0.15) is 0 Å². The van der Waals surface area contributed by atoms with Crippen LogP contribution < -0.4 is 16.1 Å². The van der Waals surface area contributed by atoms with E-state index in [1.54, 1.807) is 5.01 Å². The van der Waals surface area contributed by atoms with Gasteiger partial charge in [0, 0.05) is 18.5 Å². The maximum Gasteiger partial charge on any atom is 0.315 e. The Morgan fingerprint density at radius 2 is 1.66 bits per heavy atom. The quantitative estimate of drug-likeness (QED) is 0.472. The highest BCUT2D eigenvalue weighted by atomic mass is 16.2. The predicted molar refractivity (Wildman–Crippen MR) is 119 cm³/mol. The molecular formula is C24H38N4O4. The average molecular weight is 447 g/mol. The van der Waals surface area contributed by atoms with Crippen LogP contribution in [0.25, 0.3) is 0 Å². The number of urea groups is 1. The summed E-state index contributed by atoms with van der Waals surface area (Å²) in [6.07, 6.45) is 10.3. The molecule has 2 atom stereocenters. The van der Waals surface area contributed by atoms with Crippen molar-refractivity contribution in [3.05, 3.63) is 0 Å². The van der Waals surface area contributed by atoms with E-state index >= 15 is 0 Å². The molecule has 3 amide bonds. The first-order chi connectivity index (χ1) is 15.3. The fourth-order valence-electron chi connectivity index (χ4n) is 5.98. The van der Waals surface area contributed by atoms with E-state index in [-0.39, 0.29) is 35.6 Å². The standard InChI is InChI=1S/C24H38N4O4/c1-16(2)19(26-22(32)25-18-7-3-4-8-18)20(30)24(23(15-29)11-5-12-23)13-6-14-28(24)27-21(31)17-9-10-17/h15-19H,3-14H2,1-2H3,(H,27,31)(H2,25,26,32)/t19-,24?/m0/s1. The Kier molecular flexibility index (Phi) is 6.61. The van der Waals surface area contributed by atoms with Crippen molar-refractivity contribution in [3.8, 4) is 0 Å². The van der Waals surface area contributed by atoms with Crippen molar-refractivity contribution < 1.29 is 19.2 Å². The largest absolute Gasteiger partial charge is 0.335 e. The maximum absolute atomic E-state index is 14.3. The molecule has 178 valence electrons. The highest BCUT2D eigenvalue weighted by Gasteiger charge is 2.65. The summed E-state index contributed by atoms with van der Waals surface area (Å²) in [5.41, 5.74) is 1.10. The molecule has 0 aromatic rings. The molecule has 1 aliphatic heterocycles. The molecule has 32 heavy (non-hydrogen) atoms. The van der Waals surface area contributed by atoms with Gasteiger partial charge >= 0.3 is 6.03 Å². The molecule has 8 heteroatoms. The van der Waals surface area contributed by atoms with Crippen LogP contribution in [0, 0.1) is 17.3 Å². The third-order valence-electron chi connectivity index (χ3n) is 8.20. The second-order valence-corrected chi connectivity index (χ2v) is 10.7. The second kappa shape index (κ2) is 9.12. The summed E-state index contributed by atoms with van der Waals surface area (Å²) < 4.78 is 0. The number of nitrogens with zero attached hydrogens (tertiary/aromatic N) is 1. The van der Waals surface area contributed by atoms with Crippen LogP contribution in [0.1, 0.15) is 84.5 Å². The summed E-state index contributed by atoms with van der Waals surface area (Å²) in [7, 11) is 0. The summed E-state index contributed by atoms with van der Waals surface area (Å²) >= 11 is 0. The number of aldehydes is 1. The van der Waals surface area contributed by atoms with E-state index in [0.717, 1.165) is 57.7 Å². The van der Waals surface area contributed by atoms with E-state index < -0.39 is 17.0 Å². The molecule has 0 radical (unpaired) electrons. The highest BCUT2D eigenvalue weighted by Crippen LogP contribution is 2.55. The van der Waals surface area contributed by atoms with E-state index in [0.29, 0.717) is 25.8 Å². The van der Waals surface area contributed by atoms with Crippen molar-refractivity contribution in [2.45, 2.75) is 102 Å². The van der Waals surface area contributed by atoms with E-state index in [1.165, 1.54) is 0 Å². The third-order valence-corrected chi connectivity index (χ3v) is 8.20. The molecule has 3 N–H and O–H groups in total. The summed E-state index contributed by atoms with van der Waals surface area (Å²) in [5.74, 6) is -0.334. The van der Waals surface area contributed by atoms with Crippen molar-refractivity contribution in [2.24, 2.45) is 17.3 Å². The van der Waals surface area contributed by atoms with E-state index in [1.807, 2.05) is 13.8 Å². The Hall–Kier alpha value is -1.96. The smallest absolute Gasteiger partial charge is 0.315 e. The van der Waals surface area contributed by atoms with Crippen LogP contribution in [0.15, 0.2) is 0 Å². The van der Waals surface area contributed by atoms with Gasteiger partial charge in [0.2, 0.25) is 5.91 Å². The zero-order valence-electron chi connectivity index (χ0n) is 19.5. The fraction of sp³-hybridized carbons (Fsp3) is 0.833. The monoisotopic (exact) mass is 446 g/mol. The normalized spacial score (nSPS) is 28.7. The first kappa shape index (κ1) is 23.2. The zero-order chi connectivity index (χ0) is 22.9. The zero-order valence-corrected chi connectivity index (χ0v) is 19.5. The van der Waals surface area contributed by atoms with E-state index in [2.05, 4.69) is 16.1 Å². The molecule has 0 bridgehead atoms. The Morgan fingerprint density at radius 3 is 2.19 bits per heavy atom. The molecule has 1 heterocycles. The number of rotatable bonds is 9. The molecule has 4 rings (SSSR count). The van der Waals surface area contributed by atoms with Gasteiger partial charge < -0.3 is 15.4 Å². The molecule has 4 aliphatic rings. The first-order valence-corrected chi connectivity index (χ1v) is 12.5. The Labute approximate surface area is 190 Å². The van der Waals surface area contributed by atoms with Gasteiger partial charge in [-0.15, -0.1) is 0 Å². The average Bonchev–Trinajstić information content (AvgIpc) is 3.31. The van der Waals surface area contributed by atoms with Crippen molar-refractivity contribution in [1.82, 2.24) is 21.1 Å². The molecule has 0 aromatic heterocycles. The number of carbonyl (C=O) groups is 4. The molecule has 4 fully saturated rings. The number of hydrazine groups is 1. The van der Waals surface area contributed by atoms with Gasteiger partial charge in [-0.25, -0.2) is 9.80 Å². The molecule has 3 aliphatic carbocycles. The van der Waals surface area contributed by atoms with Gasteiger partial charge in [0.05, 0.1) is 11.5 Å². The molecule has 1 unspecified atom stereocenters. The molecule has 8 nitrogen and oxygen atoms in total. The van der Waals surface area contributed by atoms with Crippen LogP contribution in [0.4, 0.5) is 4.79 Å². The number of ketones is 1. The minimum absolute atomic E-state index is 0.00758. The Balaban J connectivity index is 1.59. The van der Waals surface area contributed by atoms with Crippen molar-refractivity contribution in [1.29, 1.82) is 0 Å². The van der Waals surface area contributed by atoms with Gasteiger partial charge in [0.25, 0.3) is 0 Å². The predicted octanol–water partition coefficient (Wildman–Crippen LogP) is 2.47. The van der Waals surface area contributed by atoms with Gasteiger partial charge in [-0.05, 0) is 57.3 Å². The summed E-state index contributed by atoms with van der Waals surface area (Å²) in [6, 6.07) is -0.896. The van der Waals surface area contributed by atoms with Gasteiger partial charge in [-0.3, -0.25) is 15.0 Å². The lowest BCUT2D eigenvalue weighted by atomic mass is 9.54. The van der Waals surface area contributed by atoms with E-state index in [4.69, 9.17) is 0 Å². The first-order valence-electron chi connectivity index (χ1n) is 12.5. The number of Topliss-reactive ketones (excluding diaryl/α,β-unsaturated/α-hetero) is 1. The molecule has 1 saturated heterocycles. The highest BCUT2D eigenvalue weighted by molar-refractivity contribution is 6.00. The van der Waals surface area contributed by atoms with Crippen LogP contribution in [-0.2, 0) is 14.4 Å². The molecule has 0 aromatic carbocycles. The lowest BCUT2D eigenvalue weighted by molar-refractivity contribution is -0.162. The Morgan fingerprint density at radius 1 is 0.969 bits per heavy atom. The molecule has 0 spiro atoms. The number of hydrogen-bond acceptors (Lipinski definition) is 5. The lowest BCUT2D eigenvalue weighted by Gasteiger charge is -2.54. The van der Waals surface area contributed by atoms with Gasteiger partial charge in [0.15, 0.2) is 5.78 Å². The fourth-order valence-corrected chi connectivity index (χ4v) is 5.98. The third kappa shape index (κ3) is 4.06. The summed E-state index contributed by atoms with van der Waals surface area (Å²) in [5, 5.41) is 7.73. The van der Waals surface area contributed by atoms with Crippen LogP contribution in [-0.4, -0.2) is 53.2 Å². The van der Waals surface area contributed by atoms with E-state index in [9.17, 15) is 19.2 Å². The number of carbonyl (C=O) groups excluding carboxylic acids is 4. The topological polar surface area (TPSA) is 108 Å². The second-order valence-electron chi connectivity index (χ2n) is 10.7. The van der Waals surface area contributed by atoms with Crippen molar-refractivity contribution in [2.75, 3.05) is 6.54 Å². The minimum atomic E-state index is -1.10. The lowest BCUT2D eigenvalue weighted by Crippen LogP contribution is -2.72. The van der Waals surface area contributed by atoms with Gasteiger partial charge in [-0.1, -0.05) is 33.1 Å². The van der Waals surface area contributed by atoms with Gasteiger partial charge in [0.1, 0.15) is 11.8 Å². The van der Waals surface area contributed by atoms with Crippen molar-refractivity contribution in [3.63, 3.8) is 0 Å². The Bertz CT molecular complexity index is 755. The summed E-state index contributed by atoms with van der Waals surface area (Å²) in [4.78, 5) is 52.1. The SMILES string of the molecule is CC(C)[C@H](NC(=O)NC1CCCC1)C(=O)C1(C2(C=O)CCC2)CCCN1NC(=O)C1CC1.